The normalized spacial score (nSPS) is 10.6. The lowest BCUT2D eigenvalue weighted by molar-refractivity contribution is 0.393. The van der Waals surface area contributed by atoms with Crippen molar-refractivity contribution < 1.29 is 27.7 Å². The van der Waals surface area contributed by atoms with E-state index in [9.17, 15) is 8.78 Å². The Hall–Kier alpha value is -6.04. The number of hydrogen-bond acceptors (Lipinski definition) is 10. The van der Waals surface area contributed by atoms with Crippen LogP contribution in [0.2, 0.25) is 0 Å². The van der Waals surface area contributed by atoms with E-state index >= 15 is 0 Å². The summed E-state index contributed by atoms with van der Waals surface area (Å²) in [7, 11) is 3.07. The summed E-state index contributed by atoms with van der Waals surface area (Å²) < 4.78 is 49.7. The number of pyridine rings is 4. The Morgan fingerprint density at radius 2 is 1.20 bits per heavy atom. The Balaban J connectivity index is 0.000000181. The van der Waals surface area contributed by atoms with Crippen molar-refractivity contribution in [3.63, 3.8) is 0 Å². The lowest BCUT2D eigenvalue weighted by atomic mass is 10.2. The maximum absolute atomic E-state index is 13.9. The molecule has 0 bridgehead atoms. The third-order valence-electron chi connectivity index (χ3n) is 6.72. The smallest absolute Gasteiger partial charge is 0.221 e. The molecule has 0 fully saturated rings. The molecule has 4 N–H and O–H groups in total. The number of nitrogen functional groups attached to an aromatic ring is 2. The zero-order chi connectivity index (χ0) is 32.8. The topological polar surface area (TPSA) is 141 Å². The van der Waals surface area contributed by atoms with Gasteiger partial charge in [-0.05, 0) is 42.8 Å². The number of anilines is 2. The number of hydrogen-bond donors (Lipinski definition) is 2. The van der Waals surface area contributed by atoms with Crippen LogP contribution in [-0.4, -0.2) is 34.2 Å². The summed E-state index contributed by atoms with van der Waals surface area (Å²) in [5, 5.41) is 0. The van der Waals surface area contributed by atoms with Crippen molar-refractivity contribution >= 4 is 39.5 Å². The van der Waals surface area contributed by atoms with Gasteiger partial charge in [-0.15, -0.1) is 0 Å². The number of ether oxygens (including phenoxy) is 4. The quantitative estimate of drug-likeness (QED) is 0.163. The first-order valence-corrected chi connectivity index (χ1v) is 14.0. The molecule has 4 aromatic heterocycles. The summed E-state index contributed by atoms with van der Waals surface area (Å²) in [6.07, 6.45) is 5.56. The molecular weight excluding hydrogens is 594 g/mol. The first kappa shape index (κ1) is 31.4. The number of benzene rings is 2. The summed E-state index contributed by atoms with van der Waals surface area (Å²) in [6.45, 7) is 5.73. The molecule has 0 atom stereocenters. The molecule has 0 aliphatic rings. The van der Waals surface area contributed by atoms with Crippen LogP contribution in [0.25, 0.3) is 28.1 Å². The fraction of sp³-hybridized carbons (Fsp3) is 0.118. The van der Waals surface area contributed by atoms with Crippen LogP contribution in [0.15, 0.2) is 79.6 Å². The predicted octanol–water partition coefficient (Wildman–Crippen LogP) is 7.51. The Kier molecular flexibility index (Phi) is 9.36. The summed E-state index contributed by atoms with van der Waals surface area (Å²) in [6, 6.07) is 15.4. The molecule has 10 nitrogen and oxygen atoms in total. The van der Waals surface area contributed by atoms with Crippen LogP contribution in [0, 0.1) is 11.6 Å². The molecular formula is C34H30F2N6O4. The van der Waals surface area contributed by atoms with E-state index in [1.807, 2.05) is 13.0 Å². The van der Waals surface area contributed by atoms with Crippen LogP contribution >= 0.6 is 0 Å². The number of fused-ring (bicyclic) bond motifs is 2. The largest absolute Gasteiger partial charge is 0.481 e. The highest BCUT2D eigenvalue weighted by molar-refractivity contribution is 5.84. The lowest BCUT2D eigenvalue weighted by Gasteiger charge is -2.11. The molecule has 0 saturated heterocycles. The average molecular weight is 625 g/mol. The Morgan fingerprint density at radius 3 is 1.65 bits per heavy atom. The first-order chi connectivity index (χ1) is 22.2. The number of nitrogens with two attached hydrogens (primary N) is 2. The monoisotopic (exact) mass is 624 g/mol. The highest BCUT2D eigenvalue weighted by Gasteiger charge is 2.15. The van der Waals surface area contributed by atoms with Gasteiger partial charge in [0.1, 0.15) is 11.0 Å². The minimum atomic E-state index is -0.551. The first-order valence-electron chi connectivity index (χ1n) is 14.0. The van der Waals surface area contributed by atoms with Crippen molar-refractivity contribution in [3.05, 3.63) is 102 Å². The minimum absolute atomic E-state index is 0.0558. The van der Waals surface area contributed by atoms with Crippen LogP contribution in [0.5, 0.6) is 34.8 Å². The van der Waals surface area contributed by atoms with Gasteiger partial charge in [-0.1, -0.05) is 19.6 Å². The second-order valence-electron chi connectivity index (χ2n) is 9.74. The standard InChI is InChI=1S/C17H16FN3O2.C17H14FN3O2/c2*1-3-10-8-13-16(21-17(10)22-2)15(6-7-20-13)23-14-5-4-11(19)9-12(14)18/h4-9H,3,19H2,1-2H3;3-9H,1,19H2,2H3. The lowest BCUT2D eigenvalue weighted by Crippen LogP contribution is -1.98. The maximum Gasteiger partial charge on any atom is 0.221 e. The molecule has 12 heteroatoms. The van der Waals surface area contributed by atoms with Crippen LogP contribution in [0.1, 0.15) is 18.1 Å². The van der Waals surface area contributed by atoms with E-state index in [-0.39, 0.29) is 11.5 Å². The van der Waals surface area contributed by atoms with E-state index in [4.69, 9.17) is 30.4 Å². The number of halogens is 2. The molecule has 0 saturated carbocycles. The van der Waals surface area contributed by atoms with Crippen molar-refractivity contribution in [2.45, 2.75) is 13.3 Å². The second-order valence-corrected chi connectivity index (χ2v) is 9.74. The number of nitrogens with zero attached hydrogens (tertiary/aromatic N) is 4. The molecule has 0 aliphatic heterocycles. The summed E-state index contributed by atoms with van der Waals surface area (Å²) >= 11 is 0. The molecule has 6 rings (SSSR count). The van der Waals surface area contributed by atoms with Gasteiger partial charge in [0, 0.05) is 59.2 Å². The van der Waals surface area contributed by atoms with E-state index in [0.29, 0.717) is 62.3 Å². The molecule has 6 aromatic rings. The van der Waals surface area contributed by atoms with Gasteiger partial charge < -0.3 is 30.4 Å². The van der Waals surface area contributed by atoms with Crippen LogP contribution in [0.4, 0.5) is 20.2 Å². The zero-order valence-corrected chi connectivity index (χ0v) is 25.3. The average Bonchev–Trinajstić information content (AvgIpc) is 3.06. The summed E-state index contributed by atoms with van der Waals surface area (Å²) in [5.74, 6) is 0.718. The van der Waals surface area contributed by atoms with Crippen molar-refractivity contribution in [1.29, 1.82) is 0 Å². The third kappa shape index (κ3) is 6.70. The third-order valence-corrected chi connectivity index (χ3v) is 6.72. The number of aromatic nitrogens is 4. The molecule has 0 amide bonds. The Morgan fingerprint density at radius 1 is 0.696 bits per heavy atom. The van der Waals surface area contributed by atoms with Crippen LogP contribution in [-0.2, 0) is 6.42 Å². The molecule has 0 spiro atoms. The molecule has 234 valence electrons. The van der Waals surface area contributed by atoms with Gasteiger partial charge in [-0.3, -0.25) is 9.97 Å². The fourth-order valence-electron chi connectivity index (χ4n) is 4.46. The summed E-state index contributed by atoms with van der Waals surface area (Å²) in [5.41, 5.74) is 15.6. The predicted molar refractivity (Wildman–Crippen MR) is 173 cm³/mol. The van der Waals surface area contributed by atoms with E-state index < -0.39 is 11.6 Å². The van der Waals surface area contributed by atoms with Crippen LogP contribution in [0.3, 0.4) is 0 Å². The second kappa shape index (κ2) is 13.7. The van der Waals surface area contributed by atoms with Crippen molar-refractivity contribution in [3.8, 4) is 34.8 Å². The molecule has 4 heterocycles. The van der Waals surface area contributed by atoms with E-state index in [1.54, 1.807) is 55.9 Å². The molecule has 0 aliphatic carbocycles. The minimum Gasteiger partial charge on any atom is -0.481 e. The Bertz CT molecular complexity index is 2060. The van der Waals surface area contributed by atoms with Crippen molar-refractivity contribution in [1.82, 2.24) is 19.9 Å². The van der Waals surface area contributed by atoms with Crippen LogP contribution < -0.4 is 30.4 Å². The molecule has 46 heavy (non-hydrogen) atoms. The SMILES string of the molecule is C=Cc1cc2nccc(Oc3ccc(N)cc3F)c2nc1OC.CCc1cc2nccc(Oc3ccc(N)cc3F)c2nc1OC. The van der Waals surface area contributed by atoms with E-state index in [2.05, 4.69) is 26.5 Å². The fourth-order valence-corrected chi connectivity index (χ4v) is 4.46. The number of rotatable bonds is 8. The van der Waals surface area contributed by atoms with Crippen molar-refractivity contribution in [2.75, 3.05) is 25.7 Å². The zero-order valence-electron chi connectivity index (χ0n) is 25.3. The van der Waals surface area contributed by atoms with E-state index in [1.165, 1.54) is 31.4 Å². The van der Waals surface area contributed by atoms with Gasteiger partial charge in [-0.25, -0.2) is 18.7 Å². The molecule has 0 radical (unpaired) electrons. The van der Waals surface area contributed by atoms with Gasteiger partial charge in [0.05, 0.1) is 25.3 Å². The van der Waals surface area contributed by atoms with E-state index in [0.717, 1.165) is 12.0 Å². The van der Waals surface area contributed by atoms with Gasteiger partial charge in [-0.2, -0.15) is 0 Å². The number of aryl methyl sites for hydroxylation is 1. The number of methoxy groups -OCH3 is 2. The highest BCUT2D eigenvalue weighted by Crippen LogP contribution is 2.34. The van der Waals surface area contributed by atoms with Gasteiger partial charge >= 0.3 is 0 Å². The van der Waals surface area contributed by atoms with Crippen molar-refractivity contribution in [2.24, 2.45) is 0 Å². The molecule has 0 unspecified atom stereocenters. The molecule has 2 aromatic carbocycles. The van der Waals surface area contributed by atoms with Gasteiger partial charge in [0.25, 0.3) is 0 Å². The maximum atomic E-state index is 13.9. The Labute approximate surface area is 263 Å². The van der Waals surface area contributed by atoms with Gasteiger partial charge in [0.2, 0.25) is 11.8 Å². The summed E-state index contributed by atoms with van der Waals surface area (Å²) in [4.78, 5) is 17.4. The van der Waals surface area contributed by atoms with Gasteiger partial charge in [0.15, 0.2) is 34.6 Å². The highest BCUT2D eigenvalue weighted by atomic mass is 19.1.